The Hall–Kier alpha value is -1.31. The first-order valence-electron chi connectivity index (χ1n) is 8.09. The molecule has 25 heavy (non-hydrogen) atoms. The fourth-order valence-corrected chi connectivity index (χ4v) is 4.19. The average molecular weight is 371 g/mol. The van der Waals surface area contributed by atoms with Gasteiger partial charge in [-0.3, -0.25) is 4.90 Å². The molecule has 0 radical (unpaired) electrons. The van der Waals surface area contributed by atoms with Crippen LogP contribution in [0.1, 0.15) is 46.3 Å². The van der Waals surface area contributed by atoms with Crippen LogP contribution in [0.5, 0.6) is 0 Å². The van der Waals surface area contributed by atoms with Gasteiger partial charge in [-0.2, -0.15) is 0 Å². The molecule has 1 aromatic rings. The van der Waals surface area contributed by atoms with E-state index in [0.717, 1.165) is 4.90 Å². The lowest BCUT2D eigenvalue weighted by Crippen LogP contribution is -2.63. The Morgan fingerprint density at radius 3 is 2.24 bits per heavy atom. The maximum absolute atomic E-state index is 14.5. The van der Waals surface area contributed by atoms with Crippen LogP contribution in [-0.2, 0) is 15.9 Å². The first kappa shape index (κ1) is 20.0. The average Bonchev–Trinajstić information content (AvgIpc) is 2.75. The number of rotatable bonds is 3. The van der Waals surface area contributed by atoms with Crippen molar-refractivity contribution >= 4 is 17.3 Å². The maximum atomic E-state index is 14.5. The molecule has 3 atom stereocenters. The fraction of sp³-hybridized carbons (Fsp3) is 0.611. The number of carboxylic acid groups (broad SMARTS) is 1. The first-order valence-corrected chi connectivity index (χ1v) is 9.65. The molecule has 2 rings (SSSR count). The van der Waals surface area contributed by atoms with E-state index >= 15 is 0 Å². The van der Waals surface area contributed by atoms with Crippen LogP contribution in [0.15, 0.2) is 29.2 Å². The molecule has 1 aliphatic rings. The number of hydrogen-bond donors (Lipinski definition) is 1. The number of halogens is 1. The lowest BCUT2D eigenvalue weighted by Gasteiger charge is -2.48. The van der Waals surface area contributed by atoms with Gasteiger partial charge >= 0.3 is 6.09 Å². The van der Waals surface area contributed by atoms with Crippen LogP contribution in [0.25, 0.3) is 0 Å². The van der Waals surface area contributed by atoms with Gasteiger partial charge in [-0.1, -0.05) is 32.9 Å². The minimum atomic E-state index is -1.38. The third-order valence-electron chi connectivity index (χ3n) is 4.99. The van der Waals surface area contributed by atoms with E-state index in [1.165, 1.54) is 0 Å². The van der Waals surface area contributed by atoms with Gasteiger partial charge in [-0.15, -0.1) is 0 Å². The Morgan fingerprint density at radius 2 is 1.88 bits per heavy atom. The SMILES string of the molecule is C[S+]([O-])c1ccc([C@H]2OC(C)(C)N(C(=O)O)[C@@]2(CF)C(C)(C)C)cc1. The molecule has 1 aromatic carbocycles. The molecule has 140 valence electrons. The molecule has 1 fully saturated rings. The Balaban J connectivity index is 2.64. The Morgan fingerprint density at radius 1 is 1.36 bits per heavy atom. The van der Waals surface area contributed by atoms with Gasteiger partial charge in [-0.05, 0) is 48.1 Å². The zero-order chi connectivity index (χ0) is 19.2. The van der Waals surface area contributed by atoms with Crippen LogP contribution in [0.4, 0.5) is 9.18 Å². The van der Waals surface area contributed by atoms with Crippen LogP contribution < -0.4 is 0 Å². The number of ether oxygens (including phenoxy) is 1. The smallest absolute Gasteiger partial charge is 0.410 e. The highest BCUT2D eigenvalue weighted by atomic mass is 32.2. The van der Waals surface area contributed by atoms with Crippen LogP contribution in [0.3, 0.4) is 0 Å². The monoisotopic (exact) mass is 371 g/mol. The zero-order valence-corrected chi connectivity index (χ0v) is 16.3. The third-order valence-corrected chi connectivity index (χ3v) is 5.92. The van der Waals surface area contributed by atoms with E-state index < -0.39 is 46.7 Å². The van der Waals surface area contributed by atoms with Gasteiger partial charge in [0.1, 0.15) is 30.3 Å². The van der Waals surface area contributed by atoms with Gasteiger partial charge in [0.05, 0.1) is 0 Å². The van der Waals surface area contributed by atoms with E-state index in [1.807, 2.05) is 20.8 Å². The van der Waals surface area contributed by atoms with E-state index in [0.29, 0.717) is 10.5 Å². The topological polar surface area (TPSA) is 72.8 Å². The van der Waals surface area contributed by atoms with Crippen molar-refractivity contribution in [3.05, 3.63) is 29.8 Å². The van der Waals surface area contributed by atoms with Crippen molar-refractivity contribution in [3.8, 4) is 0 Å². The molecular formula is C18H26FNO4S. The minimum absolute atomic E-state index is 0.651. The molecular weight excluding hydrogens is 345 g/mol. The van der Waals surface area contributed by atoms with Crippen molar-refractivity contribution in [2.75, 3.05) is 12.9 Å². The third kappa shape index (κ3) is 3.13. The zero-order valence-electron chi connectivity index (χ0n) is 15.5. The lowest BCUT2D eigenvalue weighted by molar-refractivity contribution is -0.0696. The van der Waals surface area contributed by atoms with E-state index in [2.05, 4.69) is 0 Å². The predicted octanol–water partition coefficient (Wildman–Crippen LogP) is 3.97. The summed E-state index contributed by atoms with van der Waals surface area (Å²) >= 11 is -1.13. The summed E-state index contributed by atoms with van der Waals surface area (Å²) in [7, 11) is 0. The highest BCUT2D eigenvalue weighted by molar-refractivity contribution is 7.90. The van der Waals surface area contributed by atoms with Crippen molar-refractivity contribution in [2.45, 2.75) is 56.9 Å². The number of amides is 1. The number of nitrogens with zero attached hydrogens (tertiary/aromatic N) is 1. The molecule has 1 heterocycles. The van der Waals surface area contributed by atoms with Gasteiger partial charge in [0.25, 0.3) is 0 Å². The standard InChI is InChI=1S/C18H26FNO4S/c1-16(2,3)18(11-19)14(24-17(4,5)20(18)15(21)22)12-7-9-13(10-8-12)25(6)23/h7-10,14H,11H2,1-6H3,(H,21,22)/t14-,18-,25?/m1/s1. The number of alkyl halides is 1. The predicted molar refractivity (Wildman–Crippen MR) is 94.7 cm³/mol. The van der Waals surface area contributed by atoms with Crippen LogP contribution in [0.2, 0.25) is 0 Å². The summed E-state index contributed by atoms with van der Waals surface area (Å²) < 4.78 is 32.2. The van der Waals surface area contributed by atoms with Gasteiger partial charge in [0.15, 0.2) is 4.90 Å². The van der Waals surface area contributed by atoms with Crippen molar-refractivity contribution in [1.82, 2.24) is 4.90 Å². The summed E-state index contributed by atoms with van der Waals surface area (Å²) in [6.45, 7) is 7.83. The molecule has 0 aromatic heterocycles. The summed E-state index contributed by atoms with van der Waals surface area (Å²) in [5, 5.41) is 9.80. The summed E-state index contributed by atoms with van der Waals surface area (Å²) in [6.07, 6.45) is -0.411. The first-order chi connectivity index (χ1) is 11.4. The Bertz CT molecular complexity index is 641. The molecule has 7 heteroatoms. The molecule has 0 spiro atoms. The molecule has 1 amide bonds. The minimum Gasteiger partial charge on any atom is -0.612 e. The molecule has 1 unspecified atom stereocenters. The number of benzene rings is 1. The van der Waals surface area contributed by atoms with E-state index in [1.54, 1.807) is 44.4 Å². The maximum Gasteiger partial charge on any atom is 0.410 e. The van der Waals surface area contributed by atoms with Crippen molar-refractivity contribution in [2.24, 2.45) is 5.41 Å². The van der Waals surface area contributed by atoms with Crippen molar-refractivity contribution in [3.63, 3.8) is 0 Å². The molecule has 1 aliphatic heterocycles. The summed E-state index contributed by atoms with van der Waals surface area (Å²) in [5.74, 6) is 0. The summed E-state index contributed by atoms with van der Waals surface area (Å²) in [6, 6.07) is 6.88. The van der Waals surface area contributed by atoms with Gasteiger partial charge in [0, 0.05) is 0 Å². The summed E-state index contributed by atoms with van der Waals surface area (Å²) in [4.78, 5) is 13.8. The normalized spacial score (nSPS) is 27.4. The van der Waals surface area contributed by atoms with Gasteiger partial charge in [0.2, 0.25) is 0 Å². The van der Waals surface area contributed by atoms with E-state index in [-0.39, 0.29) is 0 Å². The van der Waals surface area contributed by atoms with E-state index in [9.17, 15) is 18.8 Å². The molecule has 5 nitrogen and oxygen atoms in total. The van der Waals surface area contributed by atoms with E-state index in [4.69, 9.17) is 4.74 Å². The second-order valence-electron chi connectivity index (χ2n) is 7.89. The highest BCUT2D eigenvalue weighted by Crippen LogP contribution is 2.56. The number of carbonyl (C=O) groups is 1. The molecule has 0 saturated carbocycles. The molecule has 1 N–H and O–H groups in total. The summed E-state index contributed by atoms with van der Waals surface area (Å²) in [5.41, 5.74) is -2.61. The second kappa shape index (κ2) is 6.45. The molecule has 0 aliphatic carbocycles. The molecule has 0 bridgehead atoms. The van der Waals surface area contributed by atoms with Crippen LogP contribution in [-0.4, -0.2) is 44.8 Å². The quantitative estimate of drug-likeness (QED) is 0.816. The fourth-order valence-electron chi connectivity index (χ4n) is 3.67. The Labute approximate surface area is 151 Å². The van der Waals surface area contributed by atoms with Crippen molar-refractivity contribution in [1.29, 1.82) is 0 Å². The van der Waals surface area contributed by atoms with Crippen LogP contribution in [0, 0.1) is 5.41 Å². The number of hydrogen-bond acceptors (Lipinski definition) is 3. The lowest BCUT2D eigenvalue weighted by atomic mass is 9.68. The van der Waals surface area contributed by atoms with Gasteiger partial charge in [-0.25, -0.2) is 9.18 Å². The second-order valence-corrected chi connectivity index (χ2v) is 9.27. The van der Waals surface area contributed by atoms with Crippen molar-refractivity contribution < 1.29 is 23.6 Å². The van der Waals surface area contributed by atoms with Gasteiger partial charge < -0.3 is 14.4 Å². The highest BCUT2D eigenvalue weighted by Gasteiger charge is 2.66. The molecule has 1 saturated heterocycles. The Kier molecular flexibility index (Phi) is 5.16. The van der Waals surface area contributed by atoms with Crippen LogP contribution >= 0.6 is 0 Å². The largest absolute Gasteiger partial charge is 0.612 e.